The number of benzene rings is 2. The fourth-order valence-electron chi connectivity index (χ4n) is 2.36. The highest BCUT2D eigenvalue weighted by molar-refractivity contribution is 5.89. The molecule has 0 aliphatic heterocycles. The lowest BCUT2D eigenvalue weighted by molar-refractivity contribution is -0.117. The summed E-state index contributed by atoms with van der Waals surface area (Å²) < 4.78 is 5.34. The summed E-state index contributed by atoms with van der Waals surface area (Å²) in [7, 11) is 1.57. The minimum Gasteiger partial charge on any atom is -0.496 e. The van der Waals surface area contributed by atoms with Crippen molar-refractivity contribution in [2.45, 2.75) is 12.8 Å². The second-order valence-electron chi connectivity index (χ2n) is 4.67. The van der Waals surface area contributed by atoms with Crippen LogP contribution in [0.5, 0.6) is 5.75 Å². The van der Waals surface area contributed by atoms with E-state index in [1.54, 1.807) is 38.3 Å². The molecule has 0 bridgehead atoms. The summed E-state index contributed by atoms with van der Waals surface area (Å²) in [5, 5.41) is 0. The number of carbonyl (C=O) groups excluding carboxylic acids is 1. The van der Waals surface area contributed by atoms with Crippen LogP contribution in [0.2, 0.25) is 0 Å². The summed E-state index contributed by atoms with van der Waals surface area (Å²) in [5.41, 5.74) is 14.5. The number of hydrogen-bond acceptors (Lipinski definition) is 4. The van der Waals surface area contributed by atoms with Crippen LogP contribution >= 0.6 is 0 Å². The second-order valence-corrected chi connectivity index (χ2v) is 4.67. The Kier molecular flexibility index (Phi) is 3.94. The van der Waals surface area contributed by atoms with Crippen LogP contribution in [0.1, 0.15) is 24.0 Å². The van der Waals surface area contributed by atoms with Gasteiger partial charge in [-0.1, -0.05) is 18.2 Å². The molecule has 104 valence electrons. The van der Waals surface area contributed by atoms with Crippen LogP contribution in [0, 0.1) is 0 Å². The Bertz CT molecular complexity index is 638. The molecule has 4 heteroatoms. The highest BCUT2D eigenvalue weighted by atomic mass is 16.5. The molecule has 20 heavy (non-hydrogen) atoms. The maximum absolute atomic E-state index is 12.1. The Morgan fingerprint density at radius 2 is 1.80 bits per heavy atom. The Balaban J connectivity index is 2.64. The van der Waals surface area contributed by atoms with Crippen molar-refractivity contribution >= 4 is 17.2 Å². The number of para-hydroxylation sites is 1. The monoisotopic (exact) mass is 270 g/mol. The average molecular weight is 270 g/mol. The van der Waals surface area contributed by atoms with Crippen molar-refractivity contribution in [1.82, 2.24) is 0 Å². The number of nitrogen functional groups attached to an aromatic ring is 2. The van der Waals surface area contributed by atoms with Gasteiger partial charge in [0, 0.05) is 16.9 Å². The van der Waals surface area contributed by atoms with E-state index < -0.39 is 5.92 Å². The molecule has 0 heterocycles. The predicted octanol–water partition coefficient (Wildman–Crippen LogP) is 2.58. The smallest absolute Gasteiger partial charge is 0.141 e. The molecular formula is C16H18N2O2. The van der Waals surface area contributed by atoms with Crippen molar-refractivity contribution in [2.24, 2.45) is 0 Å². The summed E-state index contributed by atoms with van der Waals surface area (Å²) in [4.78, 5) is 12.1. The van der Waals surface area contributed by atoms with Crippen LogP contribution in [0.15, 0.2) is 42.5 Å². The van der Waals surface area contributed by atoms with Gasteiger partial charge in [0.05, 0.1) is 13.0 Å². The molecule has 0 fully saturated rings. The molecule has 0 saturated heterocycles. The van der Waals surface area contributed by atoms with Crippen molar-refractivity contribution in [1.29, 1.82) is 0 Å². The lowest BCUT2D eigenvalue weighted by atomic mass is 9.86. The Hall–Kier alpha value is -2.49. The third kappa shape index (κ3) is 2.59. The van der Waals surface area contributed by atoms with Crippen LogP contribution in [0.25, 0.3) is 0 Å². The molecule has 2 aromatic carbocycles. The number of hydrogen-bond donors (Lipinski definition) is 2. The van der Waals surface area contributed by atoms with Crippen molar-refractivity contribution < 1.29 is 9.53 Å². The first-order chi connectivity index (χ1) is 9.54. The number of Topliss-reactive ketones (excluding diaryl/α,β-unsaturated/α-hetero) is 1. The molecule has 1 atom stereocenters. The van der Waals surface area contributed by atoms with Crippen LogP contribution < -0.4 is 16.2 Å². The van der Waals surface area contributed by atoms with Gasteiger partial charge in [0.25, 0.3) is 0 Å². The lowest BCUT2D eigenvalue weighted by Gasteiger charge is -2.20. The van der Waals surface area contributed by atoms with Gasteiger partial charge in [0.1, 0.15) is 11.5 Å². The molecule has 0 radical (unpaired) electrons. The number of ketones is 1. The first-order valence-electron chi connectivity index (χ1n) is 6.33. The summed E-state index contributed by atoms with van der Waals surface area (Å²) in [5.74, 6) is 0.143. The van der Waals surface area contributed by atoms with E-state index >= 15 is 0 Å². The zero-order chi connectivity index (χ0) is 14.7. The standard InChI is InChI=1S/C16H18N2O2/c1-10(19)16(12-5-3-4-6-14(12)18)13-9-11(17)7-8-15(13)20-2/h3-9,16H,17-18H2,1-2H3. The molecule has 0 aromatic heterocycles. The summed E-state index contributed by atoms with van der Waals surface area (Å²) in [6.45, 7) is 1.54. The van der Waals surface area contributed by atoms with E-state index in [0.717, 1.165) is 11.1 Å². The van der Waals surface area contributed by atoms with E-state index in [2.05, 4.69) is 0 Å². The van der Waals surface area contributed by atoms with Crippen LogP contribution in [-0.4, -0.2) is 12.9 Å². The summed E-state index contributed by atoms with van der Waals surface area (Å²) in [6.07, 6.45) is 0. The molecule has 4 nitrogen and oxygen atoms in total. The summed E-state index contributed by atoms with van der Waals surface area (Å²) in [6, 6.07) is 12.6. The van der Waals surface area contributed by atoms with Gasteiger partial charge in [-0.25, -0.2) is 0 Å². The van der Waals surface area contributed by atoms with E-state index in [1.165, 1.54) is 0 Å². The molecule has 1 unspecified atom stereocenters. The maximum atomic E-state index is 12.1. The van der Waals surface area contributed by atoms with Gasteiger partial charge < -0.3 is 16.2 Å². The zero-order valence-corrected chi connectivity index (χ0v) is 11.6. The van der Waals surface area contributed by atoms with Crippen molar-refractivity contribution in [3.05, 3.63) is 53.6 Å². The van der Waals surface area contributed by atoms with Crippen LogP contribution in [0.3, 0.4) is 0 Å². The molecule has 0 amide bonds. The third-order valence-electron chi connectivity index (χ3n) is 3.28. The lowest BCUT2D eigenvalue weighted by Crippen LogP contribution is -2.14. The largest absolute Gasteiger partial charge is 0.496 e. The Morgan fingerprint density at radius 3 is 2.40 bits per heavy atom. The highest BCUT2D eigenvalue weighted by Crippen LogP contribution is 2.36. The van der Waals surface area contributed by atoms with Crippen molar-refractivity contribution in [2.75, 3.05) is 18.6 Å². The molecule has 0 spiro atoms. The molecule has 0 saturated carbocycles. The molecule has 0 aliphatic carbocycles. The van der Waals surface area contributed by atoms with E-state index in [-0.39, 0.29) is 5.78 Å². The SMILES string of the molecule is COc1ccc(N)cc1C(C(C)=O)c1ccccc1N. The second kappa shape index (κ2) is 5.65. The van der Waals surface area contributed by atoms with Gasteiger partial charge in [-0.3, -0.25) is 4.79 Å². The fraction of sp³-hybridized carbons (Fsp3) is 0.188. The highest BCUT2D eigenvalue weighted by Gasteiger charge is 2.24. The Labute approximate surface area is 118 Å². The molecule has 2 aromatic rings. The fourth-order valence-corrected chi connectivity index (χ4v) is 2.36. The van der Waals surface area contributed by atoms with E-state index in [1.807, 2.05) is 18.2 Å². The van der Waals surface area contributed by atoms with Gasteiger partial charge in [0.15, 0.2) is 0 Å². The van der Waals surface area contributed by atoms with E-state index in [0.29, 0.717) is 17.1 Å². The minimum atomic E-state index is -0.477. The van der Waals surface area contributed by atoms with Gasteiger partial charge >= 0.3 is 0 Å². The van der Waals surface area contributed by atoms with Crippen molar-refractivity contribution in [3.8, 4) is 5.75 Å². The third-order valence-corrected chi connectivity index (χ3v) is 3.28. The summed E-state index contributed by atoms with van der Waals surface area (Å²) >= 11 is 0. The number of rotatable bonds is 4. The van der Waals surface area contributed by atoms with Gasteiger partial charge in [0.2, 0.25) is 0 Å². The topological polar surface area (TPSA) is 78.3 Å². The maximum Gasteiger partial charge on any atom is 0.141 e. The normalized spacial score (nSPS) is 11.9. The van der Waals surface area contributed by atoms with Crippen LogP contribution in [-0.2, 0) is 4.79 Å². The Morgan fingerprint density at radius 1 is 1.10 bits per heavy atom. The number of carbonyl (C=O) groups is 1. The average Bonchev–Trinajstić information content (AvgIpc) is 2.41. The minimum absolute atomic E-state index is 0.00759. The van der Waals surface area contributed by atoms with Crippen LogP contribution in [0.4, 0.5) is 11.4 Å². The molecular weight excluding hydrogens is 252 g/mol. The van der Waals surface area contributed by atoms with Gasteiger partial charge in [-0.15, -0.1) is 0 Å². The quantitative estimate of drug-likeness (QED) is 0.837. The number of methoxy groups -OCH3 is 1. The first-order valence-corrected chi connectivity index (χ1v) is 6.33. The van der Waals surface area contributed by atoms with Gasteiger partial charge in [-0.2, -0.15) is 0 Å². The molecule has 2 rings (SSSR count). The molecule has 4 N–H and O–H groups in total. The van der Waals surface area contributed by atoms with Crippen molar-refractivity contribution in [3.63, 3.8) is 0 Å². The number of anilines is 2. The van der Waals surface area contributed by atoms with E-state index in [4.69, 9.17) is 16.2 Å². The molecule has 0 aliphatic rings. The number of nitrogens with two attached hydrogens (primary N) is 2. The van der Waals surface area contributed by atoms with E-state index in [9.17, 15) is 4.79 Å². The first kappa shape index (κ1) is 13.9. The number of ether oxygens (including phenoxy) is 1. The zero-order valence-electron chi connectivity index (χ0n) is 11.6. The van der Waals surface area contributed by atoms with Gasteiger partial charge in [-0.05, 0) is 36.8 Å². The predicted molar refractivity (Wildman–Crippen MR) is 80.8 cm³/mol.